The van der Waals surface area contributed by atoms with Crippen molar-refractivity contribution in [3.05, 3.63) is 54.6 Å². The number of nitrogen functional groups attached to an aromatic ring is 1. The number of rotatable bonds is 2. The molecule has 5 heteroatoms. The molecule has 2 aromatic carbocycles. The van der Waals surface area contributed by atoms with Crippen molar-refractivity contribution >= 4 is 27.1 Å². The normalized spacial score (nSPS) is 11.0. The minimum absolute atomic E-state index is 0.514. The molecule has 0 saturated heterocycles. The molecule has 0 atom stereocenters. The van der Waals surface area contributed by atoms with E-state index >= 15 is 0 Å². The minimum atomic E-state index is 0.514. The largest absolute Gasteiger partial charge is 0.398 e. The van der Waals surface area contributed by atoms with Crippen LogP contribution in [0.15, 0.2) is 59.1 Å². The Morgan fingerprint density at radius 1 is 1.00 bits per heavy atom. The van der Waals surface area contributed by atoms with Gasteiger partial charge in [-0.15, -0.1) is 11.3 Å². The average Bonchev–Trinajstić information content (AvgIpc) is 3.14. The summed E-state index contributed by atoms with van der Waals surface area (Å²) in [7, 11) is 0. The molecule has 0 saturated carbocycles. The van der Waals surface area contributed by atoms with Crippen LogP contribution in [0.25, 0.3) is 32.2 Å². The molecule has 4 nitrogen and oxygen atoms in total. The number of anilines is 1. The second-order valence-electron chi connectivity index (χ2n) is 4.66. The molecule has 0 fully saturated rings. The number of para-hydroxylation sites is 1. The lowest BCUT2D eigenvalue weighted by Gasteiger charge is -1.97. The van der Waals surface area contributed by atoms with E-state index in [9.17, 15) is 0 Å². The van der Waals surface area contributed by atoms with E-state index in [1.54, 1.807) is 11.3 Å². The molecule has 0 bridgehead atoms. The first-order chi connectivity index (χ1) is 10.3. The Morgan fingerprint density at radius 3 is 2.67 bits per heavy atom. The smallest absolute Gasteiger partial charge is 0.268 e. The monoisotopic (exact) mass is 293 g/mol. The maximum atomic E-state index is 5.94. The van der Waals surface area contributed by atoms with Crippen LogP contribution in [-0.2, 0) is 0 Å². The molecule has 21 heavy (non-hydrogen) atoms. The van der Waals surface area contributed by atoms with Crippen LogP contribution in [0.1, 0.15) is 0 Å². The summed E-state index contributed by atoms with van der Waals surface area (Å²) < 4.78 is 6.58. The molecule has 0 aliphatic carbocycles. The molecular formula is C16H11N3OS. The van der Waals surface area contributed by atoms with Crippen LogP contribution in [0, 0.1) is 0 Å². The summed E-state index contributed by atoms with van der Waals surface area (Å²) in [4.78, 5) is 5.42. The number of thiophene rings is 1. The standard InChI is InChI=1S/C16H11N3OS/c17-12-7-3-2-6-11(12)15-18-16(20-19-15)14-9-10-5-1-4-8-13(10)21-14/h1-9H,17H2. The highest BCUT2D eigenvalue weighted by Crippen LogP contribution is 2.33. The second-order valence-corrected chi connectivity index (χ2v) is 5.74. The molecular weight excluding hydrogens is 282 g/mol. The Hall–Kier alpha value is -2.66. The number of nitrogens with two attached hydrogens (primary N) is 1. The molecule has 0 aliphatic heterocycles. The summed E-state index contributed by atoms with van der Waals surface area (Å²) in [5.41, 5.74) is 7.37. The highest BCUT2D eigenvalue weighted by molar-refractivity contribution is 7.22. The van der Waals surface area contributed by atoms with Crippen molar-refractivity contribution in [1.29, 1.82) is 0 Å². The van der Waals surface area contributed by atoms with Gasteiger partial charge in [0.1, 0.15) is 0 Å². The van der Waals surface area contributed by atoms with Gasteiger partial charge in [-0.3, -0.25) is 0 Å². The fraction of sp³-hybridized carbons (Fsp3) is 0. The molecule has 4 aromatic rings. The van der Waals surface area contributed by atoms with Crippen LogP contribution < -0.4 is 5.73 Å². The van der Waals surface area contributed by atoms with Gasteiger partial charge in [0.25, 0.3) is 5.89 Å². The summed E-state index contributed by atoms with van der Waals surface area (Å²) in [5, 5.41) is 5.21. The topological polar surface area (TPSA) is 64.9 Å². The Balaban J connectivity index is 1.79. The van der Waals surface area contributed by atoms with E-state index in [2.05, 4.69) is 28.3 Å². The predicted molar refractivity (Wildman–Crippen MR) is 85.0 cm³/mol. The van der Waals surface area contributed by atoms with E-state index in [-0.39, 0.29) is 0 Å². The second kappa shape index (κ2) is 4.71. The molecule has 102 valence electrons. The number of fused-ring (bicyclic) bond motifs is 1. The molecule has 2 aromatic heterocycles. The lowest BCUT2D eigenvalue weighted by molar-refractivity contribution is 0.433. The molecule has 0 amide bonds. The number of aromatic nitrogens is 2. The van der Waals surface area contributed by atoms with Gasteiger partial charge in [0.15, 0.2) is 0 Å². The Kier molecular flexibility index (Phi) is 2.72. The van der Waals surface area contributed by atoms with Crippen LogP contribution in [0.5, 0.6) is 0 Å². The third kappa shape index (κ3) is 2.08. The van der Waals surface area contributed by atoms with Crippen molar-refractivity contribution in [1.82, 2.24) is 10.1 Å². The van der Waals surface area contributed by atoms with Crippen molar-refractivity contribution in [3.8, 4) is 22.2 Å². The predicted octanol–water partition coefficient (Wildman–Crippen LogP) is 4.20. The van der Waals surface area contributed by atoms with Crippen LogP contribution >= 0.6 is 11.3 Å². The number of benzene rings is 2. The third-order valence-corrected chi connectivity index (χ3v) is 4.37. The maximum Gasteiger partial charge on any atom is 0.268 e. The Labute approximate surface area is 124 Å². The van der Waals surface area contributed by atoms with Gasteiger partial charge < -0.3 is 10.3 Å². The van der Waals surface area contributed by atoms with Crippen LogP contribution in [-0.4, -0.2) is 10.1 Å². The van der Waals surface area contributed by atoms with Gasteiger partial charge in [-0.1, -0.05) is 35.5 Å². The van der Waals surface area contributed by atoms with Crippen molar-refractivity contribution in [2.75, 3.05) is 5.73 Å². The molecule has 2 heterocycles. The summed E-state index contributed by atoms with van der Waals surface area (Å²) >= 11 is 1.64. The number of hydrogen-bond donors (Lipinski definition) is 1. The van der Waals surface area contributed by atoms with E-state index in [1.807, 2.05) is 36.4 Å². The minimum Gasteiger partial charge on any atom is -0.398 e. The molecule has 0 radical (unpaired) electrons. The van der Waals surface area contributed by atoms with E-state index in [0.29, 0.717) is 17.4 Å². The molecule has 0 spiro atoms. The van der Waals surface area contributed by atoms with E-state index in [0.717, 1.165) is 10.4 Å². The van der Waals surface area contributed by atoms with Crippen LogP contribution in [0.2, 0.25) is 0 Å². The van der Waals surface area contributed by atoms with Gasteiger partial charge >= 0.3 is 0 Å². The fourth-order valence-corrected chi connectivity index (χ4v) is 3.21. The van der Waals surface area contributed by atoms with Gasteiger partial charge in [-0.25, -0.2) is 0 Å². The highest BCUT2D eigenvalue weighted by atomic mass is 32.1. The molecule has 2 N–H and O–H groups in total. The first-order valence-corrected chi connectivity index (χ1v) is 7.30. The first kappa shape index (κ1) is 12.1. The van der Waals surface area contributed by atoms with Gasteiger partial charge in [0.2, 0.25) is 5.82 Å². The number of hydrogen-bond acceptors (Lipinski definition) is 5. The van der Waals surface area contributed by atoms with Gasteiger partial charge in [0.05, 0.1) is 4.88 Å². The summed E-state index contributed by atoms with van der Waals surface area (Å²) in [5.74, 6) is 1.04. The summed E-state index contributed by atoms with van der Waals surface area (Å²) in [6.07, 6.45) is 0. The molecule has 0 unspecified atom stereocenters. The quantitative estimate of drug-likeness (QED) is 0.562. The number of nitrogens with zero attached hydrogens (tertiary/aromatic N) is 2. The summed E-state index contributed by atoms with van der Waals surface area (Å²) in [6.45, 7) is 0. The first-order valence-electron chi connectivity index (χ1n) is 6.49. The Bertz CT molecular complexity index is 893. The zero-order chi connectivity index (χ0) is 14.2. The van der Waals surface area contributed by atoms with E-state index in [1.165, 1.54) is 10.1 Å². The van der Waals surface area contributed by atoms with Crippen molar-refractivity contribution in [3.63, 3.8) is 0 Å². The lowest BCUT2D eigenvalue weighted by Crippen LogP contribution is -1.90. The van der Waals surface area contributed by atoms with Gasteiger partial charge in [-0.05, 0) is 29.7 Å². The van der Waals surface area contributed by atoms with Crippen LogP contribution in [0.4, 0.5) is 5.69 Å². The lowest BCUT2D eigenvalue weighted by atomic mass is 10.2. The SMILES string of the molecule is Nc1ccccc1-c1noc(-c2cc3ccccc3s2)n1. The Morgan fingerprint density at radius 2 is 1.81 bits per heavy atom. The summed E-state index contributed by atoms with van der Waals surface area (Å²) in [6, 6.07) is 17.7. The van der Waals surface area contributed by atoms with Crippen LogP contribution in [0.3, 0.4) is 0 Å². The molecule has 0 aliphatic rings. The molecule has 4 rings (SSSR count). The average molecular weight is 293 g/mol. The zero-order valence-corrected chi connectivity index (χ0v) is 11.8. The van der Waals surface area contributed by atoms with Crippen molar-refractivity contribution in [2.45, 2.75) is 0 Å². The van der Waals surface area contributed by atoms with Crippen molar-refractivity contribution < 1.29 is 4.52 Å². The third-order valence-electron chi connectivity index (χ3n) is 3.26. The van der Waals surface area contributed by atoms with Gasteiger partial charge in [0, 0.05) is 16.0 Å². The van der Waals surface area contributed by atoms with E-state index in [4.69, 9.17) is 10.3 Å². The fourth-order valence-electron chi connectivity index (χ4n) is 2.22. The zero-order valence-electron chi connectivity index (χ0n) is 11.0. The maximum absolute atomic E-state index is 5.94. The van der Waals surface area contributed by atoms with Crippen molar-refractivity contribution in [2.24, 2.45) is 0 Å². The highest BCUT2D eigenvalue weighted by Gasteiger charge is 2.14. The van der Waals surface area contributed by atoms with Gasteiger partial charge in [-0.2, -0.15) is 4.98 Å². The van der Waals surface area contributed by atoms with E-state index < -0.39 is 0 Å².